The number of phenolic OH excluding ortho intramolecular Hbond substituents is 1. The van der Waals surface area contributed by atoms with Crippen molar-refractivity contribution in [3.8, 4) is 5.75 Å². The number of hydrogen-bond donors (Lipinski definition) is 1. The maximum atomic E-state index is 13.0. The van der Waals surface area contributed by atoms with E-state index in [2.05, 4.69) is 23.2 Å². The highest BCUT2D eigenvalue weighted by atomic mass is 16.3. The average Bonchev–Trinajstić information content (AvgIpc) is 3.45. The lowest BCUT2D eigenvalue weighted by atomic mass is 9.86. The predicted octanol–water partition coefficient (Wildman–Crippen LogP) is 8.61. The lowest BCUT2D eigenvalue weighted by Crippen LogP contribution is -2.19. The zero-order valence-corrected chi connectivity index (χ0v) is 22.2. The van der Waals surface area contributed by atoms with Crippen LogP contribution in [0, 0.1) is 0 Å². The molecule has 8 aromatic rings. The lowest BCUT2D eigenvalue weighted by molar-refractivity contribution is 0.0962. The summed E-state index contributed by atoms with van der Waals surface area (Å²) in [6.07, 6.45) is 1.82. The second-order valence-electron chi connectivity index (χ2n) is 10.3. The Kier molecular flexibility index (Phi) is 5.21. The molecule has 0 amide bonds. The zero-order chi connectivity index (χ0) is 28.4. The Morgan fingerprint density at radius 3 is 2.02 bits per heavy atom. The Labute approximate surface area is 239 Å². The van der Waals surface area contributed by atoms with Crippen molar-refractivity contribution in [2.45, 2.75) is 0 Å². The van der Waals surface area contributed by atoms with E-state index in [-0.39, 0.29) is 17.3 Å². The van der Waals surface area contributed by atoms with Crippen LogP contribution >= 0.6 is 0 Å². The number of pyridine rings is 1. The number of aromatic nitrogens is 1. The summed E-state index contributed by atoms with van der Waals surface area (Å²) in [5.74, 6) is 0.0710. The zero-order valence-electron chi connectivity index (χ0n) is 22.2. The highest BCUT2D eigenvalue weighted by molar-refractivity contribution is 6.33. The van der Waals surface area contributed by atoms with E-state index in [4.69, 9.17) is 4.42 Å². The van der Waals surface area contributed by atoms with Gasteiger partial charge >= 0.3 is 0 Å². The van der Waals surface area contributed by atoms with Crippen LogP contribution in [-0.2, 0) is 0 Å². The van der Waals surface area contributed by atoms with Crippen molar-refractivity contribution in [2.75, 3.05) is 0 Å². The number of carbonyl (C=O) groups excluding carboxylic acids is 2. The molecule has 42 heavy (non-hydrogen) atoms. The van der Waals surface area contributed by atoms with Gasteiger partial charge < -0.3 is 9.52 Å². The van der Waals surface area contributed by atoms with Gasteiger partial charge in [0.05, 0.1) is 11.1 Å². The predicted molar refractivity (Wildman–Crippen MR) is 165 cm³/mol. The fourth-order valence-electron chi connectivity index (χ4n) is 6.13. The molecule has 0 radical (unpaired) electrons. The molecule has 0 aliphatic heterocycles. The number of ketones is 2. The normalized spacial score (nSPS) is 12.5. The Bertz CT molecular complexity index is 2380. The molecular formula is C37H21NO4. The summed E-state index contributed by atoms with van der Waals surface area (Å²) in [6, 6.07) is 36.2. The lowest BCUT2D eigenvalue weighted by Gasteiger charge is -2.12. The Morgan fingerprint density at radius 1 is 0.571 bits per heavy atom. The number of nitrogens with zero attached hydrogens (tertiary/aromatic N) is 1. The van der Waals surface area contributed by atoms with Gasteiger partial charge in [-0.25, -0.2) is 0 Å². The Balaban J connectivity index is 0.000000129. The molecule has 5 heteroatoms. The van der Waals surface area contributed by atoms with Crippen LogP contribution < -0.4 is 0 Å². The monoisotopic (exact) mass is 543 g/mol. The second kappa shape index (κ2) is 9.11. The number of carbonyl (C=O) groups is 2. The number of fused-ring (bicyclic) bond motifs is 12. The van der Waals surface area contributed by atoms with Crippen LogP contribution in [0.4, 0.5) is 0 Å². The highest BCUT2D eigenvalue weighted by Crippen LogP contribution is 2.38. The molecule has 9 rings (SSSR count). The van der Waals surface area contributed by atoms with Crippen LogP contribution in [0.2, 0.25) is 0 Å². The van der Waals surface area contributed by atoms with Gasteiger partial charge in [-0.05, 0) is 51.2 Å². The van der Waals surface area contributed by atoms with Gasteiger partial charge in [-0.3, -0.25) is 14.6 Å². The Hall–Kier alpha value is -5.81. The van der Waals surface area contributed by atoms with Gasteiger partial charge in [-0.2, -0.15) is 0 Å². The summed E-state index contributed by atoms with van der Waals surface area (Å²) >= 11 is 0. The first kappa shape index (κ1) is 24.0. The molecule has 0 saturated heterocycles. The van der Waals surface area contributed by atoms with Crippen molar-refractivity contribution in [1.82, 2.24) is 4.98 Å². The molecule has 5 nitrogen and oxygen atoms in total. The molecule has 1 N–H and O–H groups in total. The quantitative estimate of drug-likeness (QED) is 0.194. The summed E-state index contributed by atoms with van der Waals surface area (Å²) < 4.78 is 5.77. The first-order valence-electron chi connectivity index (χ1n) is 13.6. The number of benzene rings is 6. The van der Waals surface area contributed by atoms with Gasteiger partial charge in [0.25, 0.3) is 0 Å². The van der Waals surface area contributed by atoms with Crippen LogP contribution in [0.15, 0.2) is 126 Å². The summed E-state index contributed by atoms with van der Waals surface area (Å²) in [4.78, 5) is 30.2. The molecule has 0 atom stereocenters. The van der Waals surface area contributed by atoms with Gasteiger partial charge in [0, 0.05) is 33.5 Å². The largest absolute Gasteiger partial charge is 0.508 e. The summed E-state index contributed by atoms with van der Waals surface area (Å²) in [6.45, 7) is 0. The fraction of sp³-hybridized carbons (Fsp3) is 0. The van der Waals surface area contributed by atoms with Crippen LogP contribution in [0.3, 0.4) is 0 Å². The van der Waals surface area contributed by atoms with Gasteiger partial charge in [-0.1, -0.05) is 91.0 Å². The SMILES string of the molecule is O=C1c2ccccc2C(=O)c2c1oc1ccc3ccccc3c21.Oc1ccc2c(c1)c1ccccc1c1ncccc21. The summed E-state index contributed by atoms with van der Waals surface area (Å²) in [5, 5.41) is 18.0. The minimum atomic E-state index is -0.226. The number of furan rings is 1. The highest BCUT2D eigenvalue weighted by Gasteiger charge is 2.35. The molecule has 0 spiro atoms. The van der Waals surface area contributed by atoms with Crippen molar-refractivity contribution in [2.24, 2.45) is 0 Å². The topological polar surface area (TPSA) is 80.4 Å². The smallest absolute Gasteiger partial charge is 0.229 e. The van der Waals surface area contributed by atoms with E-state index in [0.717, 1.165) is 48.6 Å². The maximum Gasteiger partial charge on any atom is 0.229 e. The summed E-state index contributed by atoms with van der Waals surface area (Å²) in [7, 11) is 0. The molecule has 0 fully saturated rings. The van der Waals surface area contributed by atoms with Crippen molar-refractivity contribution in [1.29, 1.82) is 0 Å². The van der Waals surface area contributed by atoms with E-state index in [9.17, 15) is 14.7 Å². The molecular weight excluding hydrogens is 522 g/mol. The van der Waals surface area contributed by atoms with Crippen molar-refractivity contribution in [3.05, 3.63) is 144 Å². The third-order valence-corrected chi connectivity index (χ3v) is 8.00. The first-order chi connectivity index (χ1) is 20.6. The molecule has 0 saturated carbocycles. The van der Waals surface area contributed by atoms with Gasteiger partial charge in [0.2, 0.25) is 5.78 Å². The molecule has 0 unspecified atom stereocenters. The minimum Gasteiger partial charge on any atom is -0.508 e. The van der Waals surface area contributed by atoms with E-state index < -0.39 is 0 Å². The standard InChI is InChI=1S/C20H10O3.C17H11NO/c21-18-13-7-3-4-8-14(13)19(22)20-17(18)16-12-6-2-1-5-11(12)9-10-15(16)23-20;19-11-7-8-13-15-6-3-9-18-17(15)14-5-2-1-4-12(14)16(13)10-11/h1-10H;1-10,19H. The van der Waals surface area contributed by atoms with E-state index >= 15 is 0 Å². The van der Waals surface area contributed by atoms with Crippen LogP contribution in [0.1, 0.15) is 32.0 Å². The van der Waals surface area contributed by atoms with Gasteiger partial charge in [-0.15, -0.1) is 0 Å². The van der Waals surface area contributed by atoms with Crippen molar-refractivity contribution >= 4 is 65.8 Å². The van der Waals surface area contributed by atoms with Gasteiger partial charge in [0.15, 0.2) is 11.5 Å². The molecule has 2 aromatic heterocycles. The van der Waals surface area contributed by atoms with E-state index in [0.29, 0.717) is 28.0 Å². The molecule has 198 valence electrons. The molecule has 2 heterocycles. The molecule has 1 aliphatic carbocycles. The average molecular weight is 544 g/mol. The van der Waals surface area contributed by atoms with Crippen LogP contribution in [-0.4, -0.2) is 21.7 Å². The van der Waals surface area contributed by atoms with Crippen LogP contribution in [0.25, 0.3) is 54.2 Å². The third-order valence-electron chi connectivity index (χ3n) is 8.00. The fourth-order valence-corrected chi connectivity index (χ4v) is 6.13. The number of hydrogen-bond acceptors (Lipinski definition) is 5. The minimum absolute atomic E-state index is 0.148. The molecule has 6 aromatic carbocycles. The van der Waals surface area contributed by atoms with Crippen molar-refractivity contribution in [3.63, 3.8) is 0 Å². The van der Waals surface area contributed by atoms with Crippen molar-refractivity contribution < 1.29 is 19.1 Å². The second-order valence-corrected chi connectivity index (χ2v) is 10.3. The third kappa shape index (κ3) is 3.47. The summed E-state index contributed by atoms with van der Waals surface area (Å²) in [5.41, 5.74) is 2.83. The molecule has 0 bridgehead atoms. The maximum absolute atomic E-state index is 13.0. The van der Waals surface area contributed by atoms with Crippen LogP contribution in [0.5, 0.6) is 5.75 Å². The number of phenols is 1. The Morgan fingerprint density at radius 2 is 1.21 bits per heavy atom. The van der Waals surface area contributed by atoms with Gasteiger partial charge in [0.1, 0.15) is 11.3 Å². The number of aromatic hydroxyl groups is 1. The number of rotatable bonds is 0. The van der Waals surface area contributed by atoms with E-state index in [1.165, 1.54) is 0 Å². The first-order valence-corrected chi connectivity index (χ1v) is 13.6. The molecule has 1 aliphatic rings. The van der Waals surface area contributed by atoms with E-state index in [1.54, 1.807) is 30.3 Å². The van der Waals surface area contributed by atoms with E-state index in [1.807, 2.05) is 72.9 Å².